The number of aromatic nitrogens is 1. The summed E-state index contributed by atoms with van der Waals surface area (Å²) >= 11 is 0. The number of hydrogen-bond acceptors (Lipinski definition) is 2. The fourth-order valence-electron chi connectivity index (χ4n) is 2.82. The quantitative estimate of drug-likeness (QED) is 0.475. The Kier molecular flexibility index (Phi) is 2.06. The van der Waals surface area contributed by atoms with Crippen LogP contribution in [0.2, 0.25) is 0 Å². The predicted molar refractivity (Wildman–Crippen MR) is 74.4 cm³/mol. The summed E-state index contributed by atoms with van der Waals surface area (Å²) in [5.41, 5.74) is 4.59. The van der Waals surface area contributed by atoms with E-state index in [1.54, 1.807) is 6.20 Å². The van der Waals surface area contributed by atoms with E-state index < -0.39 is 0 Å². The molecule has 1 aliphatic rings. The zero-order chi connectivity index (χ0) is 12.8. The highest BCUT2D eigenvalue weighted by Crippen LogP contribution is 2.31. The van der Waals surface area contributed by atoms with Gasteiger partial charge < -0.3 is 0 Å². The SMILES string of the molecule is O=C1c2ccccc2Cc2ccc3cccnc3c21. The molecule has 0 aliphatic heterocycles. The van der Waals surface area contributed by atoms with E-state index in [2.05, 4.69) is 4.98 Å². The van der Waals surface area contributed by atoms with Gasteiger partial charge in [0, 0.05) is 17.1 Å². The van der Waals surface area contributed by atoms with Gasteiger partial charge in [0.25, 0.3) is 0 Å². The minimum atomic E-state index is 0.0983. The third-order valence-electron chi connectivity index (χ3n) is 3.73. The van der Waals surface area contributed by atoms with Gasteiger partial charge >= 0.3 is 0 Å². The van der Waals surface area contributed by atoms with Crippen LogP contribution in [0, 0.1) is 0 Å². The van der Waals surface area contributed by atoms with Crippen molar-refractivity contribution in [2.24, 2.45) is 0 Å². The Morgan fingerprint density at radius 1 is 0.895 bits per heavy atom. The molecule has 0 bridgehead atoms. The van der Waals surface area contributed by atoms with Crippen LogP contribution in [0.5, 0.6) is 0 Å². The summed E-state index contributed by atoms with van der Waals surface area (Å²) in [6.45, 7) is 0. The minimum Gasteiger partial charge on any atom is -0.289 e. The lowest BCUT2D eigenvalue weighted by Crippen LogP contribution is -2.15. The second-order valence-corrected chi connectivity index (χ2v) is 4.84. The lowest BCUT2D eigenvalue weighted by molar-refractivity contribution is 0.103. The molecule has 90 valence electrons. The van der Waals surface area contributed by atoms with E-state index in [-0.39, 0.29) is 5.78 Å². The van der Waals surface area contributed by atoms with Crippen LogP contribution in [0.1, 0.15) is 27.0 Å². The highest BCUT2D eigenvalue weighted by Gasteiger charge is 2.25. The van der Waals surface area contributed by atoms with Gasteiger partial charge in [-0.25, -0.2) is 0 Å². The van der Waals surface area contributed by atoms with E-state index in [1.165, 1.54) is 0 Å². The molecule has 1 aliphatic carbocycles. The number of ketones is 1. The van der Waals surface area contributed by atoms with Gasteiger partial charge in [0.15, 0.2) is 5.78 Å². The Morgan fingerprint density at radius 2 is 1.79 bits per heavy atom. The highest BCUT2D eigenvalue weighted by molar-refractivity contribution is 6.18. The first-order valence-corrected chi connectivity index (χ1v) is 6.34. The molecule has 0 unspecified atom stereocenters. The number of benzene rings is 2. The summed E-state index contributed by atoms with van der Waals surface area (Å²) in [6.07, 6.45) is 2.56. The van der Waals surface area contributed by atoms with Gasteiger partial charge in [-0.1, -0.05) is 42.5 Å². The van der Waals surface area contributed by atoms with Gasteiger partial charge in [0.1, 0.15) is 0 Å². The number of nitrogens with zero attached hydrogens (tertiary/aromatic N) is 1. The standard InChI is InChI=1S/C17H11NO/c19-17-14-6-2-1-4-12(14)10-13-8-7-11-5-3-9-18-16(11)15(13)17/h1-9H,10H2. The number of rotatable bonds is 0. The van der Waals surface area contributed by atoms with Gasteiger partial charge in [-0.15, -0.1) is 0 Å². The molecule has 1 aromatic heterocycles. The van der Waals surface area contributed by atoms with Crippen molar-refractivity contribution in [2.75, 3.05) is 0 Å². The van der Waals surface area contributed by atoms with Gasteiger partial charge in [0.2, 0.25) is 0 Å². The zero-order valence-corrected chi connectivity index (χ0v) is 10.3. The molecule has 2 nitrogen and oxygen atoms in total. The maximum Gasteiger partial charge on any atom is 0.195 e. The maximum atomic E-state index is 12.7. The highest BCUT2D eigenvalue weighted by atomic mass is 16.1. The molecule has 0 fully saturated rings. The van der Waals surface area contributed by atoms with Crippen molar-refractivity contribution in [3.63, 3.8) is 0 Å². The van der Waals surface area contributed by atoms with Crippen molar-refractivity contribution >= 4 is 16.7 Å². The summed E-state index contributed by atoms with van der Waals surface area (Å²) in [5, 5.41) is 1.02. The minimum absolute atomic E-state index is 0.0983. The Hall–Kier alpha value is -2.48. The summed E-state index contributed by atoms with van der Waals surface area (Å²) in [4.78, 5) is 17.1. The lowest BCUT2D eigenvalue weighted by Gasteiger charge is -2.19. The number of carbonyl (C=O) groups is 1. The fourth-order valence-corrected chi connectivity index (χ4v) is 2.82. The number of pyridine rings is 1. The Balaban J connectivity index is 2.07. The largest absolute Gasteiger partial charge is 0.289 e. The van der Waals surface area contributed by atoms with E-state index in [9.17, 15) is 4.79 Å². The van der Waals surface area contributed by atoms with E-state index in [0.29, 0.717) is 0 Å². The van der Waals surface area contributed by atoms with Crippen LogP contribution >= 0.6 is 0 Å². The van der Waals surface area contributed by atoms with Crippen LogP contribution in [-0.2, 0) is 6.42 Å². The summed E-state index contributed by atoms with van der Waals surface area (Å²) < 4.78 is 0. The van der Waals surface area contributed by atoms with Crippen LogP contribution in [-0.4, -0.2) is 10.8 Å². The third kappa shape index (κ3) is 1.43. The van der Waals surface area contributed by atoms with E-state index in [4.69, 9.17) is 0 Å². The molecule has 0 radical (unpaired) electrons. The monoisotopic (exact) mass is 245 g/mol. The van der Waals surface area contributed by atoms with Gasteiger partial charge in [0.05, 0.1) is 11.1 Å². The zero-order valence-electron chi connectivity index (χ0n) is 10.3. The molecule has 0 atom stereocenters. The molecule has 3 aromatic rings. The maximum absolute atomic E-state index is 12.7. The first kappa shape index (κ1) is 10.4. The van der Waals surface area contributed by atoms with Crippen molar-refractivity contribution in [3.8, 4) is 0 Å². The number of hydrogen-bond donors (Lipinski definition) is 0. The van der Waals surface area contributed by atoms with Crippen LogP contribution in [0.25, 0.3) is 10.9 Å². The molecule has 19 heavy (non-hydrogen) atoms. The molecule has 2 aromatic carbocycles. The first-order valence-electron chi connectivity index (χ1n) is 6.34. The molecule has 0 saturated carbocycles. The average molecular weight is 245 g/mol. The molecule has 0 N–H and O–H groups in total. The topological polar surface area (TPSA) is 30.0 Å². The lowest BCUT2D eigenvalue weighted by atomic mass is 9.84. The average Bonchev–Trinajstić information content (AvgIpc) is 2.47. The summed E-state index contributed by atoms with van der Waals surface area (Å²) in [7, 11) is 0. The van der Waals surface area contributed by atoms with Crippen molar-refractivity contribution in [2.45, 2.75) is 6.42 Å². The predicted octanol–water partition coefficient (Wildman–Crippen LogP) is 3.37. The van der Waals surface area contributed by atoms with Crippen LogP contribution in [0.3, 0.4) is 0 Å². The summed E-state index contributed by atoms with van der Waals surface area (Å²) in [5.74, 6) is 0.0983. The molecule has 0 saturated heterocycles. The first-order chi connectivity index (χ1) is 9.34. The fraction of sp³-hybridized carbons (Fsp3) is 0.0588. The van der Waals surface area contributed by atoms with E-state index in [1.807, 2.05) is 48.5 Å². The smallest absolute Gasteiger partial charge is 0.195 e. The molecule has 1 heterocycles. The normalized spacial score (nSPS) is 13.2. The number of fused-ring (bicyclic) bond motifs is 4. The van der Waals surface area contributed by atoms with Crippen molar-refractivity contribution in [1.29, 1.82) is 0 Å². The van der Waals surface area contributed by atoms with Gasteiger partial charge in [-0.3, -0.25) is 9.78 Å². The van der Waals surface area contributed by atoms with Crippen LogP contribution in [0.15, 0.2) is 54.7 Å². The van der Waals surface area contributed by atoms with E-state index in [0.717, 1.165) is 39.6 Å². The third-order valence-corrected chi connectivity index (χ3v) is 3.73. The molecule has 2 heteroatoms. The molecule has 0 amide bonds. The van der Waals surface area contributed by atoms with Gasteiger partial charge in [-0.05, 0) is 23.6 Å². The van der Waals surface area contributed by atoms with Crippen molar-refractivity contribution < 1.29 is 4.79 Å². The number of carbonyl (C=O) groups excluding carboxylic acids is 1. The second-order valence-electron chi connectivity index (χ2n) is 4.84. The Bertz CT molecular complexity index is 820. The van der Waals surface area contributed by atoms with Gasteiger partial charge in [-0.2, -0.15) is 0 Å². The molecule has 0 spiro atoms. The molecular weight excluding hydrogens is 234 g/mol. The van der Waals surface area contributed by atoms with E-state index >= 15 is 0 Å². The Labute approximate surface area is 110 Å². The molecular formula is C17H11NO. The van der Waals surface area contributed by atoms with Crippen molar-refractivity contribution in [1.82, 2.24) is 4.98 Å². The van der Waals surface area contributed by atoms with Crippen LogP contribution < -0.4 is 0 Å². The molecule has 4 rings (SSSR count). The Morgan fingerprint density at radius 3 is 2.74 bits per heavy atom. The summed E-state index contributed by atoms with van der Waals surface area (Å²) in [6, 6.07) is 15.8. The van der Waals surface area contributed by atoms with Crippen LogP contribution in [0.4, 0.5) is 0 Å². The second kappa shape index (κ2) is 3.75. The van der Waals surface area contributed by atoms with Crippen molar-refractivity contribution in [3.05, 3.63) is 77.0 Å².